The van der Waals surface area contributed by atoms with Crippen molar-refractivity contribution in [3.8, 4) is 5.75 Å². The largest absolute Gasteiger partial charge is 0.489 e. The van der Waals surface area contributed by atoms with E-state index in [-0.39, 0.29) is 5.91 Å². The lowest BCUT2D eigenvalue weighted by Crippen LogP contribution is -2.26. The third-order valence-electron chi connectivity index (χ3n) is 5.32. The van der Waals surface area contributed by atoms with Gasteiger partial charge in [-0.3, -0.25) is 9.48 Å². The van der Waals surface area contributed by atoms with E-state index in [1.807, 2.05) is 42.2 Å². The summed E-state index contributed by atoms with van der Waals surface area (Å²) in [6.07, 6.45) is 0. The number of nitrogens with zero attached hydrogens (tertiary/aromatic N) is 3. The topological polar surface area (TPSA) is 47.4 Å². The van der Waals surface area contributed by atoms with E-state index in [0.29, 0.717) is 13.2 Å². The lowest BCUT2D eigenvalue weighted by Gasteiger charge is -2.16. The zero-order chi connectivity index (χ0) is 21.1. The Hall–Kier alpha value is -2.60. The summed E-state index contributed by atoms with van der Waals surface area (Å²) < 4.78 is 7.88. The minimum atomic E-state index is 0.0236. The molecule has 0 aliphatic heterocycles. The van der Waals surface area contributed by atoms with Crippen LogP contribution in [0.1, 0.15) is 50.2 Å². The average molecular weight is 412 g/mol. The number of benzene rings is 1. The van der Waals surface area contributed by atoms with Crippen molar-refractivity contribution in [2.75, 3.05) is 7.05 Å². The monoisotopic (exact) mass is 411 g/mol. The van der Waals surface area contributed by atoms with Crippen molar-refractivity contribution < 1.29 is 9.53 Å². The second-order valence-electron chi connectivity index (χ2n) is 7.48. The molecule has 6 heteroatoms. The number of hydrogen-bond donors (Lipinski definition) is 0. The molecule has 0 aliphatic carbocycles. The molecular formula is C23H29N3O2S. The van der Waals surface area contributed by atoms with Crippen molar-refractivity contribution in [3.63, 3.8) is 0 Å². The molecule has 1 amide bonds. The van der Waals surface area contributed by atoms with Crippen LogP contribution < -0.4 is 4.74 Å². The Labute approximate surface area is 176 Å². The summed E-state index contributed by atoms with van der Waals surface area (Å²) in [6, 6.07) is 8.02. The molecule has 3 rings (SSSR count). The first kappa shape index (κ1) is 21.1. The molecule has 0 saturated heterocycles. The summed E-state index contributed by atoms with van der Waals surface area (Å²) in [6.45, 7) is 12.1. The summed E-state index contributed by atoms with van der Waals surface area (Å²) in [5, 5.41) is 6.54. The number of aromatic nitrogens is 2. The van der Waals surface area contributed by atoms with Crippen LogP contribution in [0.3, 0.4) is 0 Å². The Morgan fingerprint density at radius 3 is 2.59 bits per heavy atom. The highest BCUT2D eigenvalue weighted by atomic mass is 32.1. The molecule has 0 radical (unpaired) electrons. The standard InChI is InChI=1S/C23H29N3O2S/c1-7-26-18(5)21(17(4)24-26)12-25(6)23(27)22-11-19(14-29-22)13-28-20-9-8-15(2)16(3)10-20/h8-11,14H,7,12-13H2,1-6H3. The quantitative estimate of drug-likeness (QED) is 0.547. The number of hydrogen-bond acceptors (Lipinski definition) is 4. The van der Waals surface area contributed by atoms with E-state index in [4.69, 9.17) is 4.74 Å². The maximum atomic E-state index is 12.9. The molecule has 1 aromatic carbocycles. The number of thiophene rings is 1. The van der Waals surface area contributed by atoms with Gasteiger partial charge in [0, 0.05) is 37.0 Å². The van der Waals surface area contributed by atoms with Gasteiger partial charge in [0.25, 0.3) is 5.91 Å². The second kappa shape index (κ2) is 8.82. The van der Waals surface area contributed by atoms with Gasteiger partial charge >= 0.3 is 0 Å². The first-order valence-electron chi connectivity index (χ1n) is 9.86. The van der Waals surface area contributed by atoms with Gasteiger partial charge in [0.15, 0.2) is 0 Å². The van der Waals surface area contributed by atoms with Gasteiger partial charge in [0.05, 0.1) is 10.6 Å². The molecule has 29 heavy (non-hydrogen) atoms. The maximum absolute atomic E-state index is 12.9. The molecule has 0 aliphatic rings. The molecule has 0 N–H and O–H groups in total. The first-order chi connectivity index (χ1) is 13.8. The Balaban J connectivity index is 1.64. The average Bonchev–Trinajstić information content (AvgIpc) is 3.28. The number of ether oxygens (including phenoxy) is 1. The van der Waals surface area contributed by atoms with Crippen molar-refractivity contribution in [1.29, 1.82) is 0 Å². The molecule has 0 saturated carbocycles. The normalized spacial score (nSPS) is 11.0. The number of carbonyl (C=O) groups excluding carboxylic acids is 1. The fourth-order valence-corrected chi connectivity index (χ4v) is 4.19. The second-order valence-corrected chi connectivity index (χ2v) is 8.39. The lowest BCUT2D eigenvalue weighted by molar-refractivity contribution is 0.0789. The molecule has 2 aromatic heterocycles. The van der Waals surface area contributed by atoms with E-state index in [0.717, 1.165) is 39.7 Å². The Morgan fingerprint density at radius 2 is 1.93 bits per heavy atom. The Morgan fingerprint density at radius 1 is 1.17 bits per heavy atom. The highest BCUT2D eigenvalue weighted by molar-refractivity contribution is 7.12. The van der Waals surface area contributed by atoms with Crippen LogP contribution in [0.25, 0.3) is 0 Å². The Kier molecular flexibility index (Phi) is 6.42. The van der Waals surface area contributed by atoms with E-state index in [2.05, 4.69) is 38.9 Å². The van der Waals surface area contributed by atoms with Crippen molar-refractivity contribution in [2.45, 2.75) is 54.3 Å². The summed E-state index contributed by atoms with van der Waals surface area (Å²) in [4.78, 5) is 15.4. The van der Waals surface area contributed by atoms with Crippen LogP contribution in [0.5, 0.6) is 5.75 Å². The SMILES string of the molecule is CCn1nc(C)c(CN(C)C(=O)c2cc(COc3ccc(C)c(C)c3)cs2)c1C. The molecule has 0 atom stereocenters. The van der Waals surface area contributed by atoms with Crippen molar-refractivity contribution in [3.05, 3.63) is 68.2 Å². The highest BCUT2D eigenvalue weighted by Gasteiger charge is 2.18. The smallest absolute Gasteiger partial charge is 0.263 e. The molecule has 0 unspecified atom stereocenters. The Bertz CT molecular complexity index is 1020. The molecule has 5 nitrogen and oxygen atoms in total. The van der Waals surface area contributed by atoms with Crippen LogP contribution in [0, 0.1) is 27.7 Å². The minimum absolute atomic E-state index is 0.0236. The van der Waals surface area contributed by atoms with Crippen molar-refractivity contribution in [1.82, 2.24) is 14.7 Å². The summed E-state index contributed by atoms with van der Waals surface area (Å²) in [5.41, 5.74) is 6.70. The van der Waals surface area contributed by atoms with Gasteiger partial charge in [-0.15, -0.1) is 11.3 Å². The molecule has 0 spiro atoms. The molecule has 0 fully saturated rings. The number of amides is 1. The van der Waals surface area contributed by atoms with Crippen LogP contribution in [-0.4, -0.2) is 27.6 Å². The highest BCUT2D eigenvalue weighted by Crippen LogP contribution is 2.22. The van der Waals surface area contributed by atoms with Gasteiger partial charge in [0.2, 0.25) is 0 Å². The zero-order valence-electron chi connectivity index (χ0n) is 18.1. The van der Waals surface area contributed by atoms with Gasteiger partial charge < -0.3 is 9.64 Å². The minimum Gasteiger partial charge on any atom is -0.489 e. The van der Waals surface area contributed by atoms with Crippen LogP contribution >= 0.6 is 11.3 Å². The number of aryl methyl sites for hydroxylation is 4. The third-order valence-corrected chi connectivity index (χ3v) is 6.29. The van der Waals surface area contributed by atoms with Crippen LogP contribution in [0.4, 0.5) is 0 Å². The molecule has 154 valence electrons. The van der Waals surface area contributed by atoms with Gasteiger partial charge in [-0.2, -0.15) is 5.10 Å². The zero-order valence-corrected chi connectivity index (χ0v) is 18.9. The van der Waals surface area contributed by atoms with Gasteiger partial charge in [-0.05, 0) is 69.3 Å². The molecule has 3 aromatic rings. The van der Waals surface area contributed by atoms with E-state index < -0.39 is 0 Å². The molecular weight excluding hydrogens is 382 g/mol. The third kappa shape index (κ3) is 4.70. The number of carbonyl (C=O) groups is 1. The van der Waals surface area contributed by atoms with Gasteiger partial charge in [0.1, 0.15) is 12.4 Å². The summed E-state index contributed by atoms with van der Waals surface area (Å²) >= 11 is 1.46. The molecule has 0 bridgehead atoms. The van der Waals surface area contributed by atoms with Gasteiger partial charge in [-0.1, -0.05) is 6.07 Å². The fourth-order valence-electron chi connectivity index (χ4n) is 3.30. The summed E-state index contributed by atoms with van der Waals surface area (Å²) in [5.74, 6) is 0.874. The maximum Gasteiger partial charge on any atom is 0.263 e. The van der Waals surface area contributed by atoms with Crippen molar-refractivity contribution in [2.24, 2.45) is 0 Å². The van der Waals surface area contributed by atoms with E-state index in [1.165, 1.54) is 22.5 Å². The van der Waals surface area contributed by atoms with Gasteiger partial charge in [-0.25, -0.2) is 0 Å². The van der Waals surface area contributed by atoms with E-state index in [1.54, 1.807) is 4.90 Å². The van der Waals surface area contributed by atoms with Crippen LogP contribution in [-0.2, 0) is 19.7 Å². The molecule has 2 heterocycles. The van der Waals surface area contributed by atoms with E-state index >= 15 is 0 Å². The fraction of sp³-hybridized carbons (Fsp3) is 0.391. The van der Waals surface area contributed by atoms with Crippen LogP contribution in [0.2, 0.25) is 0 Å². The summed E-state index contributed by atoms with van der Waals surface area (Å²) in [7, 11) is 1.84. The van der Waals surface area contributed by atoms with Crippen LogP contribution in [0.15, 0.2) is 29.6 Å². The lowest BCUT2D eigenvalue weighted by atomic mass is 10.1. The van der Waals surface area contributed by atoms with E-state index in [9.17, 15) is 4.79 Å². The van der Waals surface area contributed by atoms with Crippen molar-refractivity contribution >= 4 is 17.2 Å². The number of rotatable bonds is 7. The first-order valence-corrected chi connectivity index (χ1v) is 10.7. The predicted octanol–water partition coefficient (Wildman–Crippen LogP) is 5.05. The predicted molar refractivity (Wildman–Crippen MR) is 118 cm³/mol.